The van der Waals surface area contributed by atoms with Gasteiger partial charge in [0.25, 0.3) is 0 Å². The van der Waals surface area contributed by atoms with Crippen molar-refractivity contribution in [3.8, 4) is 0 Å². The molecule has 1 fully saturated rings. The minimum atomic E-state index is -1.07. The molecule has 0 radical (unpaired) electrons. The van der Waals surface area contributed by atoms with Crippen LogP contribution in [0.15, 0.2) is 72.8 Å². The maximum absolute atomic E-state index is 12.1. The van der Waals surface area contributed by atoms with Gasteiger partial charge in [-0.25, -0.2) is 0 Å². The quantitative estimate of drug-likeness (QED) is 0.556. The van der Waals surface area contributed by atoms with Crippen molar-refractivity contribution in [2.75, 3.05) is 0 Å². The summed E-state index contributed by atoms with van der Waals surface area (Å²) in [5.74, 6) is -0.832. The van der Waals surface area contributed by atoms with Gasteiger partial charge in [0.1, 0.15) is 0 Å². The number of hydrogen-bond donors (Lipinski definition) is 1. The first-order chi connectivity index (χ1) is 13.1. The van der Waals surface area contributed by atoms with E-state index in [2.05, 4.69) is 0 Å². The Morgan fingerprint density at radius 3 is 2.30 bits per heavy atom. The van der Waals surface area contributed by atoms with E-state index in [-0.39, 0.29) is 10.8 Å². The summed E-state index contributed by atoms with van der Waals surface area (Å²) in [6, 6.07) is 22.0. The molecule has 1 N–H and O–H groups in total. The lowest BCUT2D eigenvalue weighted by Gasteiger charge is -2.40. The Balaban J connectivity index is 1.81. The molecule has 4 rings (SSSR count). The van der Waals surface area contributed by atoms with Gasteiger partial charge < -0.3 is 9.84 Å². The summed E-state index contributed by atoms with van der Waals surface area (Å²) in [6.07, 6.45) is -1.89. The third-order valence-corrected chi connectivity index (χ3v) is 5.51. The Morgan fingerprint density at radius 2 is 1.59 bits per heavy atom. The number of rotatable bonds is 3. The summed E-state index contributed by atoms with van der Waals surface area (Å²) in [7, 11) is 0. The summed E-state index contributed by atoms with van der Waals surface area (Å²) in [6.45, 7) is 1.80. The van der Waals surface area contributed by atoms with Crippen LogP contribution in [0, 0.1) is 16.0 Å². The molecule has 1 heterocycles. The van der Waals surface area contributed by atoms with Crippen molar-refractivity contribution in [3.05, 3.63) is 94.0 Å². The molecule has 138 valence electrons. The number of ether oxygens (including phenoxy) is 1. The highest BCUT2D eigenvalue weighted by Gasteiger charge is 2.51. The van der Waals surface area contributed by atoms with Crippen molar-refractivity contribution in [1.29, 1.82) is 0 Å². The van der Waals surface area contributed by atoms with Crippen LogP contribution in [0.25, 0.3) is 10.8 Å². The molecule has 0 aliphatic carbocycles. The number of aliphatic hydroxyl groups is 1. The van der Waals surface area contributed by atoms with E-state index in [0.29, 0.717) is 5.56 Å². The first-order valence-corrected chi connectivity index (χ1v) is 9.07. The molecule has 0 saturated carbocycles. The van der Waals surface area contributed by atoms with Crippen LogP contribution in [0.1, 0.15) is 30.1 Å². The molecule has 3 aromatic rings. The standard InChI is InChI=1S/C22H21NO4/c1-14-19(16-8-3-2-4-9-16)20(23(25)26)21(27-22(14)24)18-12-11-15-7-5-6-10-17(15)13-18/h2-14,19-22,24H,1H3/t14-,19+,20+,21-,22?/m1/s1. The molecule has 0 aromatic heterocycles. The van der Waals surface area contributed by atoms with E-state index < -0.39 is 24.4 Å². The molecule has 3 aromatic carbocycles. The summed E-state index contributed by atoms with van der Waals surface area (Å²) < 4.78 is 5.77. The molecule has 27 heavy (non-hydrogen) atoms. The molecular formula is C22H21NO4. The van der Waals surface area contributed by atoms with Crippen LogP contribution in [-0.4, -0.2) is 22.4 Å². The van der Waals surface area contributed by atoms with Gasteiger partial charge in [-0.3, -0.25) is 10.1 Å². The second-order valence-electron chi connectivity index (χ2n) is 7.13. The van der Waals surface area contributed by atoms with E-state index in [0.717, 1.165) is 16.3 Å². The number of fused-ring (bicyclic) bond motifs is 1. The van der Waals surface area contributed by atoms with Gasteiger partial charge in [-0.2, -0.15) is 0 Å². The summed E-state index contributed by atoms with van der Waals surface area (Å²) in [5, 5.41) is 24.6. The third-order valence-electron chi connectivity index (χ3n) is 5.51. The van der Waals surface area contributed by atoms with E-state index in [1.165, 1.54) is 0 Å². The monoisotopic (exact) mass is 363 g/mol. The number of hydrogen-bond acceptors (Lipinski definition) is 4. The lowest BCUT2D eigenvalue weighted by molar-refractivity contribution is -0.554. The Kier molecular flexibility index (Phi) is 4.64. The average Bonchev–Trinajstić information content (AvgIpc) is 2.69. The zero-order valence-corrected chi connectivity index (χ0v) is 14.9. The van der Waals surface area contributed by atoms with Gasteiger partial charge in [-0.05, 0) is 28.0 Å². The molecule has 0 spiro atoms. The molecule has 1 saturated heterocycles. The molecule has 5 heteroatoms. The number of benzene rings is 3. The molecule has 0 bridgehead atoms. The van der Waals surface area contributed by atoms with Gasteiger partial charge >= 0.3 is 0 Å². The van der Waals surface area contributed by atoms with Crippen molar-refractivity contribution >= 4 is 10.8 Å². The molecule has 1 aliphatic rings. The minimum Gasteiger partial charge on any atom is -0.368 e. The second-order valence-corrected chi connectivity index (χ2v) is 7.13. The zero-order chi connectivity index (χ0) is 19.0. The van der Waals surface area contributed by atoms with Gasteiger partial charge in [0.05, 0.1) is 5.92 Å². The average molecular weight is 363 g/mol. The van der Waals surface area contributed by atoms with Crippen LogP contribution in [0.2, 0.25) is 0 Å². The fourth-order valence-electron chi connectivity index (χ4n) is 4.11. The first-order valence-electron chi connectivity index (χ1n) is 9.07. The van der Waals surface area contributed by atoms with Crippen molar-refractivity contribution in [2.45, 2.75) is 31.3 Å². The van der Waals surface area contributed by atoms with Crippen molar-refractivity contribution in [3.63, 3.8) is 0 Å². The smallest absolute Gasteiger partial charge is 0.250 e. The molecule has 5 nitrogen and oxygen atoms in total. The largest absolute Gasteiger partial charge is 0.368 e. The second kappa shape index (κ2) is 7.10. The Bertz CT molecular complexity index is 959. The van der Waals surface area contributed by atoms with Gasteiger partial charge in [0.15, 0.2) is 12.4 Å². The van der Waals surface area contributed by atoms with E-state index >= 15 is 0 Å². The highest BCUT2D eigenvalue weighted by atomic mass is 16.6. The fourth-order valence-corrected chi connectivity index (χ4v) is 4.11. The SMILES string of the molecule is C[C@H]1C(O)O[C@H](c2ccc3ccccc3c2)[C@@H]([N+](=O)[O-])[C@@H]1c1ccccc1. The normalized spacial score (nSPS) is 28.1. The Labute approximate surface area is 157 Å². The van der Waals surface area contributed by atoms with Crippen LogP contribution >= 0.6 is 0 Å². The molecule has 1 unspecified atom stereocenters. The lowest BCUT2D eigenvalue weighted by Crippen LogP contribution is -2.48. The van der Waals surface area contributed by atoms with Gasteiger partial charge in [0.2, 0.25) is 6.04 Å². The molecule has 1 aliphatic heterocycles. The minimum absolute atomic E-state index is 0.264. The Hall–Kier alpha value is -2.76. The van der Waals surface area contributed by atoms with Crippen LogP contribution in [0.5, 0.6) is 0 Å². The van der Waals surface area contributed by atoms with Crippen LogP contribution in [-0.2, 0) is 4.74 Å². The van der Waals surface area contributed by atoms with Gasteiger partial charge in [-0.15, -0.1) is 0 Å². The van der Waals surface area contributed by atoms with Crippen LogP contribution < -0.4 is 0 Å². The zero-order valence-electron chi connectivity index (χ0n) is 14.9. The molecule has 0 amide bonds. The van der Waals surface area contributed by atoms with Crippen molar-refractivity contribution < 1.29 is 14.8 Å². The summed E-state index contributed by atoms with van der Waals surface area (Å²) >= 11 is 0. The number of nitrogens with zero attached hydrogens (tertiary/aromatic N) is 1. The van der Waals surface area contributed by atoms with E-state index in [1.54, 1.807) is 6.92 Å². The number of nitro groups is 1. The van der Waals surface area contributed by atoms with E-state index in [9.17, 15) is 15.2 Å². The predicted octanol–water partition coefficient (Wildman–Crippen LogP) is 4.29. The van der Waals surface area contributed by atoms with Crippen molar-refractivity contribution in [1.82, 2.24) is 0 Å². The van der Waals surface area contributed by atoms with Crippen molar-refractivity contribution in [2.24, 2.45) is 5.92 Å². The topological polar surface area (TPSA) is 72.6 Å². The molecular weight excluding hydrogens is 342 g/mol. The van der Waals surface area contributed by atoms with Crippen LogP contribution in [0.3, 0.4) is 0 Å². The lowest BCUT2D eigenvalue weighted by atomic mass is 9.75. The predicted molar refractivity (Wildman–Crippen MR) is 103 cm³/mol. The van der Waals surface area contributed by atoms with E-state index in [4.69, 9.17) is 4.74 Å². The molecule has 5 atom stereocenters. The van der Waals surface area contributed by atoms with E-state index in [1.807, 2.05) is 72.8 Å². The first kappa shape index (κ1) is 17.6. The van der Waals surface area contributed by atoms with Gasteiger partial charge in [-0.1, -0.05) is 73.7 Å². The third kappa shape index (κ3) is 3.20. The summed E-state index contributed by atoms with van der Waals surface area (Å²) in [5.41, 5.74) is 1.56. The highest BCUT2D eigenvalue weighted by Crippen LogP contribution is 2.45. The highest BCUT2D eigenvalue weighted by molar-refractivity contribution is 5.83. The fraction of sp³-hybridized carbons (Fsp3) is 0.273. The Morgan fingerprint density at radius 1 is 0.926 bits per heavy atom. The maximum Gasteiger partial charge on any atom is 0.250 e. The van der Waals surface area contributed by atoms with Crippen LogP contribution in [0.4, 0.5) is 0 Å². The maximum atomic E-state index is 12.1. The number of aliphatic hydroxyl groups excluding tert-OH is 1. The van der Waals surface area contributed by atoms with Gasteiger partial charge in [0, 0.05) is 10.8 Å². The summed E-state index contributed by atoms with van der Waals surface area (Å²) in [4.78, 5) is 11.8.